The lowest BCUT2D eigenvalue weighted by Crippen LogP contribution is -2.41. The Kier molecular flexibility index (Phi) is 4.54. The first kappa shape index (κ1) is 17.5. The minimum Gasteiger partial charge on any atom is -0.444 e. The highest BCUT2D eigenvalue weighted by molar-refractivity contribution is 5.75. The van der Waals surface area contributed by atoms with Crippen molar-refractivity contribution in [2.75, 3.05) is 13.1 Å². The van der Waals surface area contributed by atoms with Gasteiger partial charge in [-0.05, 0) is 64.2 Å². The molecule has 1 aliphatic rings. The van der Waals surface area contributed by atoms with Gasteiger partial charge in [0.05, 0.1) is 11.0 Å². The highest BCUT2D eigenvalue weighted by Crippen LogP contribution is 2.28. The predicted octanol–water partition coefficient (Wildman–Crippen LogP) is 3.35. The number of pyridine rings is 2. The smallest absolute Gasteiger partial charge is 0.410 e. The van der Waals surface area contributed by atoms with Crippen molar-refractivity contribution in [1.29, 1.82) is 0 Å². The third kappa shape index (κ3) is 4.00. The van der Waals surface area contributed by atoms with Crippen molar-refractivity contribution in [2.45, 2.75) is 52.1 Å². The SMILES string of the molecule is Cc1cnc2cc(C3CCN(C(=O)OC(C)(C)C)CC3)c(=O)[nH]c2c1. The molecule has 0 aromatic carbocycles. The summed E-state index contributed by atoms with van der Waals surface area (Å²) in [5.74, 6) is 0.134. The molecular formula is C19H25N3O3. The molecule has 6 heteroatoms. The van der Waals surface area contributed by atoms with Gasteiger partial charge in [-0.25, -0.2) is 4.79 Å². The number of amides is 1. The van der Waals surface area contributed by atoms with Gasteiger partial charge in [-0.3, -0.25) is 9.78 Å². The van der Waals surface area contributed by atoms with Crippen molar-refractivity contribution in [2.24, 2.45) is 0 Å². The predicted molar refractivity (Wildman–Crippen MR) is 96.9 cm³/mol. The third-order valence-corrected chi connectivity index (χ3v) is 4.44. The van der Waals surface area contributed by atoms with Crippen LogP contribution < -0.4 is 5.56 Å². The number of ether oxygens (including phenoxy) is 1. The second-order valence-electron chi connectivity index (χ2n) is 7.74. The van der Waals surface area contributed by atoms with Gasteiger partial charge < -0.3 is 14.6 Å². The zero-order valence-corrected chi connectivity index (χ0v) is 15.3. The normalized spacial score (nSPS) is 16.2. The Balaban J connectivity index is 1.74. The third-order valence-electron chi connectivity index (χ3n) is 4.44. The molecule has 0 saturated carbocycles. The zero-order chi connectivity index (χ0) is 18.2. The number of nitrogens with one attached hydrogen (secondary N) is 1. The van der Waals surface area contributed by atoms with Crippen molar-refractivity contribution in [3.05, 3.63) is 39.8 Å². The van der Waals surface area contributed by atoms with Crippen LogP contribution in [-0.4, -0.2) is 39.7 Å². The quantitative estimate of drug-likeness (QED) is 0.861. The van der Waals surface area contributed by atoms with Gasteiger partial charge in [-0.1, -0.05) is 0 Å². The summed E-state index contributed by atoms with van der Waals surface area (Å²) in [5.41, 5.74) is 2.78. The molecule has 3 heterocycles. The topological polar surface area (TPSA) is 75.3 Å². The average molecular weight is 343 g/mol. The van der Waals surface area contributed by atoms with Crippen LogP contribution in [-0.2, 0) is 4.74 Å². The molecule has 0 atom stereocenters. The molecule has 0 spiro atoms. The number of hydrogen-bond donors (Lipinski definition) is 1. The average Bonchev–Trinajstić information content (AvgIpc) is 2.52. The minimum atomic E-state index is -0.493. The number of carbonyl (C=O) groups is 1. The molecule has 1 saturated heterocycles. The van der Waals surface area contributed by atoms with E-state index in [2.05, 4.69) is 9.97 Å². The summed E-state index contributed by atoms with van der Waals surface area (Å²) in [6, 6.07) is 3.82. The number of rotatable bonds is 1. The number of hydrogen-bond acceptors (Lipinski definition) is 4. The molecule has 1 N–H and O–H groups in total. The molecular weight excluding hydrogens is 318 g/mol. The van der Waals surface area contributed by atoms with Crippen molar-refractivity contribution >= 4 is 17.1 Å². The fourth-order valence-corrected chi connectivity index (χ4v) is 3.21. The molecule has 1 amide bonds. The van der Waals surface area contributed by atoms with E-state index in [1.165, 1.54) is 0 Å². The van der Waals surface area contributed by atoms with E-state index < -0.39 is 5.60 Å². The number of fused-ring (bicyclic) bond motifs is 1. The summed E-state index contributed by atoms with van der Waals surface area (Å²) in [4.78, 5) is 33.7. The van der Waals surface area contributed by atoms with E-state index in [1.807, 2.05) is 39.8 Å². The van der Waals surface area contributed by atoms with E-state index in [0.29, 0.717) is 13.1 Å². The first-order chi connectivity index (χ1) is 11.7. The molecule has 3 rings (SSSR count). The largest absolute Gasteiger partial charge is 0.444 e. The first-order valence-electron chi connectivity index (χ1n) is 8.70. The molecule has 0 aliphatic carbocycles. The van der Waals surface area contributed by atoms with Gasteiger partial charge in [-0.2, -0.15) is 0 Å². The van der Waals surface area contributed by atoms with E-state index >= 15 is 0 Å². The van der Waals surface area contributed by atoms with Gasteiger partial charge in [0, 0.05) is 24.8 Å². The van der Waals surface area contributed by atoms with Gasteiger partial charge in [0.25, 0.3) is 5.56 Å². The highest BCUT2D eigenvalue weighted by atomic mass is 16.6. The molecule has 2 aromatic heterocycles. The van der Waals surface area contributed by atoms with Crippen LogP contribution in [0.5, 0.6) is 0 Å². The Hall–Kier alpha value is -2.37. The number of piperidine rings is 1. The highest BCUT2D eigenvalue weighted by Gasteiger charge is 2.28. The van der Waals surface area contributed by atoms with Crippen LogP contribution in [0.3, 0.4) is 0 Å². The van der Waals surface area contributed by atoms with Crippen LogP contribution in [0.15, 0.2) is 23.1 Å². The van der Waals surface area contributed by atoms with Crippen molar-refractivity contribution in [3.8, 4) is 0 Å². The van der Waals surface area contributed by atoms with Crippen LogP contribution in [0.1, 0.15) is 50.7 Å². The summed E-state index contributed by atoms with van der Waals surface area (Å²) in [6.07, 6.45) is 3.02. The second-order valence-corrected chi connectivity index (χ2v) is 7.74. The van der Waals surface area contributed by atoms with Gasteiger partial charge in [0.15, 0.2) is 0 Å². The van der Waals surface area contributed by atoms with Gasteiger partial charge >= 0.3 is 6.09 Å². The lowest BCUT2D eigenvalue weighted by Gasteiger charge is -2.33. The lowest BCUT2D eigenvalue weighted by atomic mass is 9.90. The number of aryl methyl sites for hydroxylation is 1. The molecule has 0 radical (unpaired) electrons. The Morgan fingerprint density at radius 1 is 1.28 bits per heavy atom. The van der Waals surface area contributed by atoms with Crippen LogP contribution >= 0.6 is 0 Å². The zero-order valence-electron chi connectivity index (χ0n) is 15.3. The van der Waals surface area contributed by atoms with Crippen molar-refractivity contribution < 1.29 is 9.53 Å². The summed E-state index contributed by atoms with van der Waals surface area (Å²) >= 11 is 0. The van der Waals surface area contributed by atoms with Crippen LogP contribution in [0, 0.1) is 6.92 Å². The van der Waals surface area contributed by atoms with Crippen molar-refractivity contribution in [3.63, 3.8) is 0 Å². The molecule has 25 heavy (non-hydrogen) atoms. The Morgan fingerprint density at radius 2 is 1.96 bits per heavy atom. The maximum atomic E-state index is 12.5. The van der Waals surface area contributed by atoms with E-state index in [9.17, 15) is 9.59 Å². The maximum Gasteiger partial charge on any atom is 0.410 e. The number of nitrogens with zero attached hydrogens (tertiary/aromatic N) is 2. The Labute approximate surface area is 147 Å². The number of likely N-dealkylation sites (tertiary alicyclic amines) is 1. The molecule has 1 aliphatic heterocycles. The fraction of sp³-hybridized carbons (Fsp3) is 0.526. The summed E-state index contributed by atoms with van der Waals surface area (Å²) in [5, 5.41) is 0. The Morgan fingerprint density at radius 3 is 2.60 bits per heavy atom. The number of aromatic amines is 1. The lowest BCUT2D eigenvalue weighted by molar-refractivity contribution is 0.0204. The van der Waals surface area contributed by atoms with Crippen LogP contribution in [0.2, 0.25) is 0 Å². The molecule has 0 bridgehead atoms. The molecule has 1 fully saturated rings. The number of carbonyl (C=O) groups excluding carboxylic acids is 1. The first-order valence-corrected chi connectivity index (χ1v) is 8.70. The molecule has 6 nitrogen and oxygen atoms in total. The number of aromatic nitrogens is 2. The molecule has 134 valence electrons. The van der Waals surface area contributed by atoms with Gasteiger partial charge in [0.2, 0.25) is 0 Å². The van der Waals surface area contributed by atoms with E-state index in [4.69, 9.17) is 4.74 Å². The van der Waals surface area contributed by atoms with Crippen molar-refractivity contribution in [1.82, 2.24) is 14.9 Å². The van der Waals surface area contributed by atoms with Gasteiger partial charge in [-0.15, -0.1) is 0 Å². The second kappa shape index (κ2) is 6.50. The molecule has 0 unspecified atom stereocenters. The summed E-state index contributed by atoms with van der Waals surface area (Å²) < 4.78 is 5.42. The van der Waals surface area contributed by atoms with E-state index in [0.717, 1.165) is 35.0 Å². The monoisotopic (exact) mass is 343 g/mol. The Bertz CT molecular complexity index is 843. The minimum absolute atomic E-state index is 0.0596. The van der Waals surface area contributed by atoms with Crippen LogP contribution in [0.25, 0.3) is 11.0 Å². The summed E-state index contributed by atoms with van der Waals surface area (Å²) in [7, 11) is 0. The van der Waals surface area contributed by atoms with E-state index in [-0.39, 0.29) is 17.6 Å². The van der Waals surface area contributed by atoms with E-state index in [1.54, 1.807) is 11.1 Å². The molecule has 2 aromatic rings. The standard InChI is InChI=1S/C19H25N3O3/c1-12-9-16-15(20-11-12)10-14(17(23)21-16)13-5-7-22(8-6-13)18(24)25-19(2,3)4/h9-11,13H,5-8H2,1-4H3,(H,21,23). The summed E-state index contributed by atoms with van der Waals surface area (Å²) in [6.45, 7) is 8.73. The maximum absolute atomic E-state index is 12.5. The van der Waals surface area contributed by atoms with Crippen LogP contribution in [0.4, 0.5) is 4.79 Å². The van der Waals surface area contributed by atoms with Gasteiger partial charge in [0.1, 0.15) is 5.60 Å². The fourth-order valence-electron chi connectivity index (χ4n) is 3.21. The number of H-pyrrole nitrogens is 1.